The summed E-state index contributed by atoms with van der Waals surface area (Å²) in [5.41, 5.74) is 0.840. The molecule has 0 fully saturated rings. The van der Waals surface area contributed by atoms with Gasteiger partial charge < -0.3 is 10.1 Å². The zero-order chi connectivity index (χ0) is 16.8. The molecule has 0 unspecified atom stereocenters. The Balaban J connectivity index is 1.84. The van der Waals surface area contributed by atoms with E-state index in [0.717, 1.165) is 0 Å². The fourth-order valence-corrected chi connectivity index (χ4v) is 1.92. The maximum atomic E-state index is 11.9. The van der Waals surface area contributed by atoms with Gasteiger partial charge in [-0.05, 0) is 13.8 Å². The van der Waals surface area contributed by atoms with Crippen molar-refractivity contribution in [3.05, 3.63) is 34.4 Å². The van der Waals surface area contributed by atoms with E-state index in [1.165, 1.54) is 17.1 Å². The largest absolute Gasteiger partial charge is 0.360 e. The van der Waals surface area contributed by atoms with E-state index in [1.807, 2.05) is 6.92 Å². The van der Waals surface area contributed by atoms with E-state index >= 15 is 0 Å². The van der Waals surface area contributed by atoms with Crippen LogP contribution in [0, 0.1) is 17.0 Å². The Hall–Kier alpha value is -2.75. The highest BCUT2D eigenvalue weighted by molar-refractivity contribution is 5.90. The second-order valence-electron chi connectivity index (χ2n) is 4.81. The van der Waals surface area contributed by atoms with Crippen LogP contribution in [0.5, 0.6) is 0 Å². The highest BCUT2D eigenvalue weighted by Gasteiger charge is 2.15. The van der Waals surface area contributed by atoms with Crippen molar-refractivity contribution in [3.63, 3.8) is 0 Å². The number of aryl methyl sites for hydroxylation is 2. The third-order valence-electron chi connectivity index (χ3n) is 3.03. The smallest absolute Gasteiger partial charge is 0.309 e. The van der Waals surface area contributed by atoms with Crippen LogP contribution >= 0.6 is 0 Å². The Labute approximate surface area is 132 Å². The second kappa shape index (κ2) is 7.49. The Morgan fingerprint density at radius 3 is 2.87 bits per heavy atom. The van der Waals surface area contributed by atoms with E-state index in [1.54, 1.807) is 17.8 Å². The van der Waals surface area contributed by atoms with E-state index in [4.69, 9.17) is 4.74 Å². The Morgan fingerprint density at radius 1 is 1.43 bits per heavy atom. The van der Waals surface area contributed by atoms with Crippen molar-refractivity contribution in [3.8, 4) is 0 Å². The van der Waals surface area contributed by atoms with Gasteiger partial charge in [0.2, 0.25) is 5.91 Å². The zero-order valence-electron chi connectivity index (χ0n) is 12.9. The van der Waals surface area contributed by atoms with E-state index in [0.29, 0.717) is 24.7 Å². The van der Waals surface area contributed by atoms with Gasteiger partial charge in [0.1, 0.15) is 18.6 Å². The van der Waals surface area contributed by atoms with Crippen LogP contribution in [0.15, 0.2) is 18.6 Å². The first-order valence-electron chi connectivity index (χ1n) is 7.08. The summed E-state index contributed by atoms with van der Waals surface area (Å²) in [5.74, 6) is -0.225. The molecule has 0 aliphatic heterocycles. The SMILES string of the molecule is CCOCn1cc(NC(=O)CCn2cc([N+](=O)[O-])c(C)n2)cn1. The number of amides is 1. The highest BCUT2D eigenvalue weighted by Crippen LogP contribution is 2.15. The fourth-order valence-electron chi connectivity index (χ4n) is 1.92. The lowest BCUT2D eigenvalue weighted by Crippen LogP contribution is -2.14. The van der Waals surface area contributed by atoms with Gasteiger partial charge in [0, 0.05) is 19.6 Å². The molecule has 10 nitrogen and oxygen atoms in total. The van der Waals surface area contributed by atoms with Crippen LogP contribution in [0.3, 0.4) is 0 Å². The third kappa shape index (κ3) is 4.61. The van der Waals surface area contributed by atoms with Gasteiger partial charge in [-0.2, -0.15) is 10.2 Å². The first kappa shape index (κ1) is 16.6. The highest BCUT2D eigenvalue weighted by atomic mass is 16.6. The van der Waals surface area contributed by atoms with E-state index < -0.39 is 4.92 Å². The van der Waals surface area contributed by atoms with Gasteiger partial charge in [-0.25, -0.2) is 4.68 Å². The number of nitro groups is 1. The standard InChI is InChI=1S/C13H18N6O4/c1-3-23-9-18-7-11(6-14-18)15-13(20)4-5-17-8-12(19(21)22)10(2)16-17/h6-8H,3-5,9H2,1-2H3,(H,15,20). The minimum absolute atomic E-state index is 0.0531. The maximum absolute atomic E-state index is 11.9. The molecule has 0 spiro atoms. The number of rotatable bonds is 8. The zero-order valence-corrected chi connectivity index (χ0v) is 12.9. The van der Waals surface area contributed by atoms with Crippen LogP contribution < -0.4 is 5.32 Å². The summed E-state index contributed by atoms with van der Waals surface area (Å²) in [6, 6.07) is 0. The number of carbonyl (C=O) groups is 1. The van der Waals surface area contributed by atoms with Crippen LogP contribution in [-0.4, -0.2) is 37.0 Å². The van der Waals surface area contributed by atoms with Crippen molar-refractivity contribution >= 4 is 17.3 Å². The van der Waals surface area contributed by atoms with Crippen molar-refractivity contribution in [1.82, 2.24) is 19.6 Å². The molecule has 2 heterocycles. The topological polar surface area (TPSA) is 117 Å². The summed E-state index contributed by atoms with van der Waals surface area (Å²) in [7, 11) is 0. The van der Waals surface area contributed by atoms with E-state index in [9.17, 15) is 14.9 Å². The van der Waals surface area contributed by atoms with Crippen LogP contribution in [0.2, 0.25) is 0 Å². The Kier molecular flexibility index (Phi) is 5.41. The van der Waals surface area contributed by atoms with Crippen LogP contribution in [-0.2, 0) is 22.8 Å². The van der Waals surface area contributed by atoms with Crippen LogP contribution in [0.1, 0.15) is 19.0 Å². The maximum Gasteiger partial charge on any atom is 0.309 e. The molecule has 0 aromatic carbocycles. The van der Waals surface area contributed by atoms with Gasteiger partial charge in [-0.1, -0.05) is 0 Å². The summed E-state index contributed by atoms with van der Waals surface area (Å²) in [4.78, 5) is 22.1. The normalized spacial score (nSPS) is 10.7. The minimum atomic E-state index is -0.494. The predicted molar refractivity (Wildman–Crippen MR) is 80.7 cm³/mol. The molecule has 2 aromatic heterocycles. The van der Waals surface area contributed by atoms with Gasteiger partial charge >= 0.3 is 5.69 Å². The molecule has 0 aliphatic carbocycles. The number of ether oxygens (including phenoxy) is 1. The Morgan fingerprint density at radius 2 is 2.22 bits per heavy atom. The lowest BCUT2D eigenvalue weighted by atomic mass is 10.4. The van der Waals surface area contributed by atoms with Gasteiger partial charge in [0.15, 0.2) is 0 Å². The number of anilines is 1. The first-order valence-corrected chi connectivity index (χ1v) is 7.08. The van der Waals surface area contributed by atoms with Crippen molar-refractivity contribution in [2.75, 3.05) is 11.9 Å². The molecule has 2 aromatic rings. The minimum Gasteiger partial charge on any atom is -0.360 e. The predicted octanol–water partition coefficient (Wildman–Crippen LogP) is 1.32. The summed E-state index contributed by atoms with van der Waals surface area (Å²) in [5, 5.41) is 21.5. The molecular formula is C13H18N6O4. The number of nitrogens with zero attached hydrogens (tertiary/aromatic N) is 5. The molecule has 0 saturated carbocycles. The van der Waals surface area contributed by atoms with Crippen LogP contribution in [0.4, 0.5) is 11.4 Å². The summed E-state index contributed by atoms with van der Waals surface area (Å²) >= 11 is 0. The molecular weight excluding hydrogens is 304 g/mol. The average molecular weight is 322 g/mol. The van der Waals surface area contributed by atoms with Gasteiger partial charge in [0.05, 0.1) is 23.0 Å². The second-order valence-corrected chi connectivity index (χ2v) is 4.81. The molecule has 1 amide bonds. The fraction of sp³-hybridized carbons (Fsp3) is 0.462. The molecule has 0 bridgehead atoms. The molecule has 0 atom stereocenters. The van der Waals surface area contributed by atoms with Gasteiger partial charge in [-0.15, -0.1) is 0 Å². The van der Waals surface area contributed by atoms with E-state index in [2.05, 4.69) is 15.5 Å². The summed E-state index contributed by atoms with van der Waals surface area (Å²) in [6.07, 6.45) is 4.66. The number of carbonyl (C=O) groups excluding carboxylic acids is 1. The first-order chi connectivity index (χ1) is 11.0. The van der Waals surface area contributed by atoms with Gasteiger partial charge in [0.25, 0.3) is 0 Å². The molecule has 2 rings (SSSR count). The van der Waals surface area contributed by atoms with Crippen molar-refractivity contribution < 1.29 is 14.5 Å². The van der Waals surface area contributed by atoms with E-state index in [-0.39, 0.29) is 24.6 Å². The Bertz CT molecular complexity index is 692. The average Bonchev–Trinajstić information content (AvgIpc) is 3.09. The van der Waals surface area contributed by atoms with Gasteiger partial charge in [-0.3, -0.25) is 19.6 Å². The van der Waals surface area contributed by atoms with Crippen LogP contribution in [0.25, 0.3) is 0 Å². The molecule has 1 N–H and O–H groups in total. The lowest BCUT2D eigenvalue weighted by Gasteiger charge is -2.03. The summed E-state index contributed by atoms with van der Waals surface area (Å²) < 4.78 is 8.16. The number of aromatic nitrogens is 4. The van der Waals surface area contributed by atoms with Crippen molar-refractivity contribution in [1.29, 1.82) is 0 Å². The number of nitrogens with one attached hydrogen (secondary N) is 1. The molecule has 0 radical (unpaired) electrons. The molecule has 124 valence electrons. The lowest BCUT2D eigenvalue weighted by molar-refractivity contribution is -0.385. The molecule has 10 heteroatoms. The monoisotopic (exact) mass is 322 g/mol. The molecule has 0 aliphatic rings. The quantitative estimate of drug-likeness (QED) is 0.578. The third-order valence-corrected chi connectivity index (χ3v) is 3.03. The number of hydrogen-bond acceptors (Lipinski definition) is 6. The molecule has 23 heavy (non-hydrogen) atoms. The van der Waals surface area contributed by atoms with Crippen molar-refractivity contribution in [2.45, 2.75) is 33.5 Å². The molecule has 0 saturated heterocycles. The number of hydrogen-bond donors (Lipinski definition) is 1. The van der Waals surface area contributed by atoms with Crippen molar-refractivity contribution in [2.24, 2.45) is 0 Å². The summed E-state index contributed by atoms with van der Waals surface area (Å²) in [6.45, 7) is 4.60.